The van der Waals surface area contributed by atoms with Crippen molar-refractivity contribution in [2.24, 2.45) is 5.92 Å². The maximum absolute atomic E-state index is 12.3. The summed E-state index contributed by atoms with van der Waals surface area (Å²) < 4.78 is 0. The molecule has 1 saturated heterocycles. The number of hydrogen-bond donors (Lipinski definition) is 1. The summed E-state index contributed by atoms with van der Waals surface area (Å²) in [7, 11) is 0. The zero-order valence-electron chi connectivity index (χ0n) is 13.0. The molecule has 2 amide bonds. The lowest BCUT2D eigenvalue weighted by Gasteiger charge is -2.16. The summed E-state index contributed by atoms with van der Waals surface area (Å²) in [6.07, 6.45) is 2.01. The third kappa shape index (κ3) is 3.56. The van der Waals surface area contributed by atoms with Gasteiger partial charge in [-0.25, -0.2) is 0 Å². The smallest absolute Gasteiger partial charge is 0.227 e. The Morgan fingerprint density at radius 3 is 2.74 bits per heavy atom. The minimum absolute atomic E-state index is 0.00616. The number of benzene rings is 1. The largest absolute Gasteiger partial charge is 0.352 e. The molecule has 1 aromatic carbocycles. The summed E-state index contributed by atoms with van der Waals surface area (Å²) in [6, 6.07) is 13.3. The molecule has 3 rings (SSSR count). The number of nitrogens with one attached hydrogen (secondary N) is 1. The monoisotopic (exact) mass is 309 g/mol. The van der Waals surface area contributed by atoms with Gasteiger partial charge >= 0.3 is 0 Å². The number of rotatable bonds is 4. The van der Waals surface area contributed by atoms with E-state index in [9.17, 15) is 9.59 Å². The Balaban J connectivity index is 1.58. The van der Waals surface area contributed by atoms with E-state index in [4.69, 9.17) is 0 Å². The van der Waals surface area contributed by atoms with E-state index in [0.717, 1.165) is 16.9 Å². The molecule has 1 atom stereocenters. The van der Waals surface area contributed by atoms with Gasteiger partial charge in [0.2, 0.25) is 11.8 Å². The molecule has 0 radical (unpaired) electrons. The Kier molecular flexibility index (Phi) is 4.37. The van der Waals surface area contributed by atoms with E-state index in [0.29, 0.717) is 13.1 Å². The van der Waals surface area contributed by atoms with Gasteiger partial charge in [-0.3, -0.25) is 14.6 Å². The summed E-state index contributed by atoms with van der Waals surface area (Å²) in [4.78, 5) is 30.3. The minimum atomic E-state index is -0.305. The van der Waals surface area contributed by atoms with Gasteiger partial charge in [0.15, 0.2) is 0 Å². The Morgan fingerprint density at radius 1 is 1.26 bits per heavy atom. The number of hydrogen-bond acceptors (Lipinski definition) is 3. The summed E-state index contributed by atoms with van der Waals surface area (Å²) in [6.45, 7) is 2.79. The quantitative estimate of drug-likeness (QED) is 0.940. The van der Waals surface area contributed by atoms with Crippen molar-refractivity contribution in [2.45, 2.75) is 19.9 Å². The van der Waals surface area contributed by atoms with Crippen LogP contribution >= 0.6 is 0 Å². The van der Waals surface area contributed by atoms with Gasteiger partial charge in [-0.1, -0.05) is 24.3 Å². The first-order chi connectivity index (χ1) is 11.1. The van der Waals surface area contributed by atoms with Crippen molar-refractivity contribution in [3.8, 4) is 0 Å². The number of anilines is 1. The highest BCUT2D eigenvalue weighted by Gasteiger charge is 2.34. The maximum Gasteiger partial charge on any atom is 0.227 e. The molecule has 1 aliphatic heterocycles. The van der Waals surface area contributed by atoms with Crippen molar-refractivity contribution >= 4 is 17.5 Å². The average molecular weight is 309 g/mol. The second kappa shape index (κ2) is 6.60. The summed E-state index contributed by atoms with van der Waals surface area (Å²) in [5.74, 6) is -0.396. The molecular weight excluding hydrogens is 290 g/mol. The molecule has 0 spiro atoms. The normalized spacial score (nSPS) is 17.3. The highest BCUT2D eigenvalue weighted by Crippen LogP contribution is 2.24. The predicted molar refractivity (Wildman–Crippen MR) is 87.7 cm³/mol. The SMILES string of the molecule is Cc1ccc(CNC(=O)C2CC(=O)N(c3ccccc3)C2)cn1. The van der Waals surface area contributed by atoms with Gasteiger partial charge < -0.3 is 10.2 Å². The van der Waals surface area contributed by atoms with Gasteiger partial charge in [-0.05, 0) is 30.7 Å². The predicted octanol–water partition coefficient (Wildman–Crippen LogP) is 2.06. The van der Waals surface area contributed by atoms with Crippen molar-refractivity contribution in [1.29, 1.82) is 0 Å². The van der Waals surface area contributed by atoms with Crippen LogP contribution < -0.4 is 10.2 Å². The molecule has 1 aliphatic rings. The number of carbonyl (C=O) groups is 2. The highest BCUT2D eigenvalue weighted by molar-refractivity contribution is 6.00. The number of carbonyl (C=O) groups excluding carboxylic acids is 2. The van der Waals surface area contributed by atoms with Crippen LogP contribution in [0, 0.1) is 12.8 Å². The van der Waals surface area contributed by atoms with E-state index in [-0.39, 0.29) is 24.2 Å². The topological polar surface area (TPSA) is 62.3 Å². The van der Waals surface area contributed by atoms with Crippen LogP contribution in [0.2, 0.25) is 0 Å². The maximum atomic E-state index is 12.3. The zero-order chi connectivity index (χ0) is 16.2. The molecule has 2 aromatic rings. The number of nitrogens with zero attached hydrogens (tertiary/aromatic N) is 2. The molecule has 2 heterocycles. The van der Waals surface area contributed by atoms with E-state index < -0.39 is 0 Å². The fraction of sp³-hybridized carbons (Fsp3) is 0.278. The second-order valence-electron chi connectivity index (χ2n) is 5.77. The van der Waals surface area contributed by atoms with E-state index in [1.165, 1.54) is 0 Å². The van der Waals surface area contributed by atoms with Gasteiger partial charge in [-0.15, -0.1) is 0 Å². The average Bonchev–Trinajstić information content (AvgIpc) is 2.97. The van der Waals surface area contributed by atoms with Crippen molar-refractivity contribution in [1.82, 2.24) is 10.3 Å². The Bertz CT molecular complexity index is 698. The standard InChI is InChI=1S/C18H19N3O2/c1-13-7-8-14(10-19-13)11-20-18(23)15-9-17(22)21(12-15)16-5-3-2-4-6-16/h2-8,10,15H,9,11-12H2,1H3,(H,20,23). The Hall–Kier alpha value is -2.69. The fourth-order valence-corrected chi connectivity index (χ4v) is 2.68. The molecule has 1 unspecified atom stereocenters. The third-order valence-corrected chi connectivity index (χ3v) is 4.00. The van der Waals surface area contributed by atoms with E-state index in [1.807, 2.05) is 49.4 Å². The van der Waals surface area contributed by atoms with Gasteiger partial charge in [-0.2, -0.15) is 0 Å². The number of pyridine rings is 1. The lowest BCUT2D eigenvalue weighted by atomic mass is 10.1. The van der Waals surface area contributed by atoms with Crippen LogP contribution in [0.25, 0.3) is 0 Å². The number of aromatic nitrogens is 1. The van der Waals surface area contributed by atoms with Crippen molar-refractivity contribution in [3.05, 3.63) is 59.9 Å². The van der Waals surface area contributed by atoms with Crippen molar-refractivity contribution in [3.63, 3.8) is 0 Å². The van der Waals surface area contributed by atoms with Crippen molar-refractivity contribution in [2.75, 3.05) is 11.4 Å². The molecule has 0 bridgehead atoms. The first-order valence-electron chi connectivity index (χ1n) is 7.68. The molecule has 118 valence electrons. The lowest BCUT2D eigenvalue weighted by Crippen LogP contribution is -2.32. The molecular formula is C18H19N3O2. The number of para-hydroxylation sites is 1. The molecule has 0 aliphatic carbocycles. The summed E-state index contributed by atoms with van der Waals surface area (Å²) in [5.41, 5.74) is 2.74. The van der Waals surface area contributed by atoms with Gasteiger partial charge in [0, 0.05) is 37.1 Å². The van der Waals surface area contributed by atoms with Crippen LogP contribution in [0.4, 0.5) is 5.69 Å². The Labute approximate surface area is 135 Å². The van der Waals surface area contributed by atoms with E-state index >= 15 is 0 Å². The minimum Gasteiger partial charge on any atom is -0.352 e. The first kappa shape index (κ1) is 15.2. The molecule has 5 heteroatoms. The number of aryl methyl sites for hydroxylation is 1. The third-order valence-electron chi connectivity index (χ3n) is 4.00. The summed E-state index contributed by atoms with van der Waals surface area (Å²) in [5, 5.41) is 2.90. The van der Waals surface area contributed by atoms with Crippen molar-refractivity contribution < 1.29 is 9.59 Å². The summed E-state index contributed by atoms with van der Waals surface area (Å²) >= 11 is 0. The molecule has 1 aromatic heterocycles. The highest BCUT2D eigenvalue weighted by atomic mass is 16.2. The van der Waals surface area contributed by atoms with Crippen LogP contribution in [0.3, 0.4) is 0 Å². The van der Waals surface area contributed by atoms with Gasteiger partial charge in [0.05, 0.1) is 5.92 Å². The van der Waals surface area contributed by atoms with Crippen LogP contribution in [0.5, 0.6) is 0 Å². The van der Waals surface area contributed by atoms with E-state index in [2.05, 4.69) is 10.3 Å². The molecule has 1 fully saturated rings. The lowest BCUT2D eigenvalue weighted by molar-refractivity contribution is -0.126. The second-order valence-corrected chi connectivity index (χ2v) is 5.77. The molecule has 0 saturated carbocycles. The first-order valence-corrected chi connectivity index (χ1v) is 7.68. The Morgan fingerprint density at radius 2 is 2.04 bits per heavy atom. The van der Waals surface area contributed by atoms with Crippen LogP contribution in [0.1, 0.15) is 17.7 Å². The van der Waals surface area contributed by atoms with Gasteiger partial charge in [0.25, 0.3) is 0 Å². The molecule has 1 N–H and O–H groups in total. The molecule has 5 nitrogen and oxygen atoms in total. The van der Waals surface area contributed by atoms with Gasteiger partial charge in [0.1, 0.15) is 0 Å². The molecule has 23 heavy (non-hydrogen) atoms. The zero-order valence-corrected chi connectivity index (χ0v) is 13.0. The van der Waals surface area contributed by atoms with Crippen LogP contribution in [-0.2, 0) is 16.1 Å². The number of amides is 2. The fourth-order valence-electron chi connectivity index (χ4n) is 2.68. The van der Waals surface area contributed by atoms with E-state index in [1.54, 1.807) is 11.1 Å². The van der Waals surface area contributed by atoms with Crippen LogP contribution in [-0.4, -0.2) is 23.3 Å². The van der Waals surface area contributed by atoms with Crippen LogP contribution in [0.15, 0.2) is 48.7 Å².